The van der Waals surface area contributed by atoms with Crippen LogP contribution in [-0.2, 0) is 16.6 Å². The van der Waals surface area contributed by atoms with Gasteiger partial charge in [0.2, 0.25) is 10.0 Å². The van der Waals surface area contributed by atoms with Gasteiger partial charge in [-0.1, -0.05) is 12.1 Å². The van der Waals surface area contributed by atoms with Crippen molar-refractivity contribution in [2.45, 2.75) is 18.4 Å². The van der Waals surface area contributed by atoms with E-state index in [1.165, 1.54) is 0 Å². The van der Waals surface area contributed by atoms with E-state index >= 15 is 0 Å². The Morgan fingerprint density at radius 2 is 2.06 bits per heavy atom. The standard InChI is InChI=1S/C12H20N2O2S2/c1-10-4-5-11(9-13-2)8-12(10)18(15,16)14-6-7-17-3/h4-5,8,13-14H,6-7,9H2,1-3H3. The molecule has 0 fully saturated rings. The van der Waals surface area contributed by atoms with Crippen molar-refractivity contribution in [3.05, 3.63) is 29.3 Å². The molecule has 0 bridgehead atoms. The third-order valence-corrected chi connectivity index (χ3v) is 4.74. The zero-order chi connectivity index (χ0) is 13.6. The first kappa shape index (κ1) is 15.5. The number of thioether (sulfide) groups is 1. The fraction of sp³-hybridized carbons (Fsp3) is 0.500. The number of nitrogens with one attached hydrogen (secondary N) is 2. The molecule has 0 atom stereocenters. The second-order valence-corrected chi connectivity index (χ2v) is 6.74. The maximum Gasteiger partial charge on any atom is 0.240 e. The predicted molar refractivity (Wildman–Crippen MR) is 77.5 cm³/mol. The lowest BCUT2D eigenvalue weighted by Gasteiger charge is -2.10. The molecular weight excluding hydrogens is 268 g/mol. The molecule has 0 aromatic heterocycles. The molecule has 102 valence electrons. The highest BCUT2D eigenvalue weighted by Gasteiger charge is 2.16. The second kappa shape index (κ2) is 7.13. The number of aryl methyl sites for hydroxylation is 1. The third kappa shape index (κ3) is 4.28. The summed E-state index contributed by atoms with van der Waals surface area (Å²) in [7, 11) is -1.56. The molecule has 18 heavy (non-hydrogen) atoms. The molecular formula is C12H20N2O2S2. The Hall–Kier alpha value is -0.560. The van der Waals surface area contributed by atoms with E-state index in [0.29, 0.717) is 18.0 Å². The minimum absolute atomic E-state index is 0.372. The Morgan fingerprint density at radius 1 is 1.33 bits per heavy atom. The smallest absolute Gasteiger partial charge is 0.240 e. The summed E-state index contributed by atoms with van der Waals surface area (Å²) in [6.45, 7) is 2.93. The minimum Gasteiger partial charge on any atom is -0.316 e. The van der Waals surface area contributed by atoms with E-state index in [-0.39, 0.29) is 0 Å². The molecule has 1 aromatic carbocycles. The molecule has 1 rings (SSSR count). The van der Waals surface area contributed by atoms with Crippen molar-refractivity contribution < 1.29 is 8.42 Å². The molecule has 0 unspecified atom stereocenters. The van der Waals surface area contributed by atoms with Crippen LogP contribution in [0.25, 0.3) is 0 Å². The van der Waals surface area contributed by atoms with Crippen molar-refractivity contribution in [1.29, 1.82) is 0 Å². The number of hydrogen-bond donors (Lipinski definition) is 2. The zero-order valence-electron chi connectivity index (χ0n) is 11.0. The molecule has 0 aliphatic heterocycles. The van der Waals surface area contributed by atoms with Gasteiger partial charge in [-0.2, -0.15) is 11.8 Å². The number of hydrogen-bond acceptors (Lipinski definition) is 4. The quantitative estimate of drug-likeness (QED) is 0.744. The molecule has 0 saturated carbocycles. The fourth-order valence-electron chi connectivity index (χ4n) is 1.60. The summed E-state index contributed by atoms with van der Waals surface area (Å²) in [5.74, 6) is 0.772. The van der Waals surface area contributed by atoms with Crippen LogP contribution in [0.1, 0.15) is 11.1 Å². The Bertz CT molecular complexity index is 487. The van der Waals surface area contributed by atoms with Crippen molar-refractivity contribution in [3.8, 4) is 0 Å². The summed E-state index contributed by atoms with van der Waals surface area (Å²) >= 11 is 1.62. The minimum atomic E-state index is -3.40. The molecule has 2 N–H and O–H groups in total. The van der Waals surface area contributed by atoms with E-state index < -0.39 is 10.0 Å². The summed E-state index contributed by atoms with van der Waals surface area (Å²) in [5, 5.41) is 3.02. The largest absolute Gasteiger partial charge is 0.316 e. The predicted octanol–water partition coefficient (Wildman–Crippen LogP) is 1.36. The van der Waals surface area contributed by atoms with E-state index in [1.54, 1.807) is 17.8 Å². The van der Waals surface area contributed by atoms with Gasteiger partial charge in [-0.15, -0.1) is 0 Å². The van der Waals surface area contributed by atoms with Crippen LogP contribution in [-0.4, -0.2) is 34.0 Å². The number of sulfonamides is 1. The van der Waals surface area contributed by atoms with Crippen LogP contribution in [0.3, 0.4) is 0 Å². The van der Waals surface area contributed by atoms with Crippen molar-refractivity contribution in [2.24, 2.45) is 0 Å². The first-order valence-electron chi connectivity index (χ1n) is 5.74. The molecule has 0 aliphatic rings. The van der Waals surface area contributed by atoms with Gasteiger partial charge < -0.3 is 5.32 Å². The molecule has 0 heterocycles. The Kier molecular flexibility index (Phi) is 6.14. The van der Waals surface area contributed by atoms with Gasteiger partial charge in [-0.05, 0) is 37.4 Å². The Balaban J connectivity index is 2.95. The number of rotatable bonds is 7. The highest BCUT2D eigenvalue weighted by Crippen LogP contribution is 2.17. The van der Waals surface area contributed by atoms with E-state index in [9.17, 15) is 8.42 Å². The van der Waals surface area contributed by atoms with E-state index in [1.807, 2.05) is 32.4 Å². The summed E-state index contributed by atoms with van der Waals surface area (Å²) in [5.41, 5.74) is 1.74. The maximum atomic E-state index is 12.1. The summed E-state index contributed by atoms with van der Waals surface area (Å²) in [4.78, 5) is 0.372. The van der Waals surface area contributed by atoms with Crippen LogP contribution in [0, 0.1) is 6.92 Å². The molecule has 0 saturated heterocycles. The topological polar surface area (TPSA) is 58.2 Å². The van der Waals surface area contributed by atoms with Gasteiger partial charge in [0.25, 0.3) is 0 Å². The summed E-state index contributed by atoms with van der Waals surface area (Å²) in [6, 6.07) is 5.51. The van der Waals surface area contributed by atoms with Gasteiger partial charge in [-0.25, -0.2) is 13.1 Å². The second-order valence-electron chi connectivity index (χ2n) is 4.02. The first-order chi connectivity index (χ1) is 8.51. The molecule has 0 spiro atoms. The maximum absolute atomic E-state index is 12.1. The van der Waals surface area contributed by atoms with Gasteiger partial charge in [0.05, 0.1) is 4.90 Å². The van der Waals surface area contributed by atoms with Crippen LogP contribution >= 0.6 is 11.8 Å². The van der Waals surface area contributed by atoms with Crippen LogP contribution in [0.15, 0.2) is 23.1 Å². The highest BCUT2D eigenvalue weighted by atomic mass is 32.2. The number of benzene rings is 1. The highest BCUT2D eigenvalue weighted by molar-refractivity contribution is 7.98. The van der Waals surface area contributed by atoms with Crippen molar-refractivity contribution >= 4 is 21.8 Å². The fourth-order valence-corrected chi connectivity index (χ4v) is 3.36. The molecule has 1 aromatic rings. The molecule has 4 nitrogen and oxygen atoms in total. The lowest BCUT2D eigenvalue weighted by atomic mass is 10.1. The normalized spacial score (nSPS) is 11.7. The van der Waals surface area contributed by atoms with E-state index in [2.05, 4.69) is 10.0 Å². The van der Waals surface area contributed by atoms with Gasteiger partial charge in [-0.3, -0.25) is 0 Å². The van der Waals surface area contributed by atoms with Crippen LogP contribution < -0.4 is 10.0 Å². The molecule has 6 heteroatoms. The first-order valence-corrected chi connectivity index (χ1v) is 8.61. The Morgan fingerprint density at radius 3 is 2.67 bits per heavy atom. The zero-order valence-corrected chi connectivity index (χ0v) is 12.6. The van der Waals surface area contributed by atoms with Crippen LogP contribution in [0.4, 0.5) is 0 Å². The van der Waals surface area contributed by atoms with Crippen molar-refractivity contribution in [2.75, 3.05) is 25.6 Å². The monoisotopic (exact) mass is 288 g/mol. The SMILES string of the molecule is CNCc1ccc(C)c(S(=O)(=O)NCCSC)c1. The molecule has 0 radical (unpaired) electrons. The van der Waals surface area contributed by atoms with Crippen molar-refractivity contribution in [1.82, 2.24) is 10.0 Å². The lowest BCUT2D eigenvalue weighted by molar-refractivity contribution is 0.583. The van der Waals surface area contributed by atoms with Gasteiger partial charge in [0.15, 0.2) is 0 Å². The van der Waals surface area contributed by atoms with E-state index in [4.69, 9.17) is 0 Å². The van der Waals surface area contributed by atoms with Crippen molar-refractivity contribution in [3.63, 3.8) is 0 Å². The van der Waals surface area contributed by atoms with Crippen LogP contribution in [0.5, 0.6) is 0 Å². The molecule has 0 aliphatic carbocycles. The van der Waals surface area contributed by atoms with Gasteiger partial charge in [0.1, 0.15) is 0 Å². The van der Waals surface area contributed by atoms with E-state index in [0.717, 1.165) is 16.9 Å². The third-order valence-electron chi connectivity index (χ3n) is 2.52. The summed E-state index contributed by atoms with van der Waals surface area (Å²) < 4.78 is 26.9. The Labute approximate surface area is 114 Å². The van der Waals surface area contributed by atoms with Gasteiger partial charge >= 0.3 is 0 Å². The average molecular weight is 288 g/mol. The lowest BCUT2D eigenvalue weighted by Crippen LogP contribution is -2.26. The average Bonchev–Trinajstić information content (AvgIpc) is 2.32. The molecule has 0 amide bonds. The summed E-state index contributed by atoms with van der Waals surface area (Å²) in [6.07, 6.45) is 1.95. The van der Waals surface area contributed by atoms with Crippen LogP contribution in [0.2, 0.25) is 0 Å². The van der Waals surface area contributed by atoms with Gasteiger partial charge in [0, 0.05) is 18.8 Å².